The molecule has 0 radical (unpaired) electrons. The van der Waals surface area contributed by atoms with Crippen LogP contribution in [0.15, 0.2) is 24.3 Å². The zero-order valence-corrected chi connectivity index (χ0v) is 12.4. The van der Waals surface area contributed by atoms with Gasteiger partial charge in [-0.1, -0.05) is 12.1 Å². The number of fused-ring (bicyclic) bond motifs is 1. The van der Waals surface area contributed by atoms with Crippen molar-refractivity contribution < 1.29 is 9.53 Å². The highest BCUT2D eigenvalue weighted by molar-refractivity contribution is 6.00. The number of nitrogens with one attached hydrogen (secondary N) is 2. The van der Waals surface area contributed by atoms with Crippen LogP contribution in [0.2, 0.25) is 0 Å². The fraction of sp³-hybridized carbons (Fsp3) is 0.438. The van der Waals surface area contributed by atoms with E-state index in [-0.39, 0.29) is 17.6 Å². The van der Waals surface area contributed by atoms with Crippen LogP contribution in [0.4, 0.5) is 5.69 Å². The number of carbonyl (C=O) groups excluding carboxylic acids is 1. The van der Waals surface area contributed by atoms with Crippen molar-refractivity contribution in [3.8, 4) is 0 Å². The Balaban J connectivity index is 1.76. The van der Waals surface area contributed by atoms with E-state index < -0.39 is 0 Å². The average molecular weight is 287 g/mol. The predicted molar refractivity (Wildman–Crippen MR) is 83.2 cm³/mol. The Morgan fingerprint density at radius 2 is 2.29 bits per heavy atom. The Labute approximate surface area is 123 Å². The second kappa shape index (κ2) is 5.07. The maximum Gasteiger partial charge on any atom is 0.267 e. The first-order valence-electron chi connectivity index (χ1n) is 7.27. The van der Waals surface area contributed by atoms with Gasteiger partial charge < -0.3 is 20.8 Å². The molecule has 0 spiro atoms. The van der Waals surface area contributed by atoms with Gasteiger partial charge in [0, 0.05) is 18.0 Å². The molecule has 0 bridgehead atoms. The maximum atomic E-state index is 12.4. The summed E-state index contributed by atoms with van der Waals surface area (Å²) in [6, 6.07) is 7.63. The van der Waals surface area contributed by atoms with Crippen molar-refractivity contribution in [2.24, 2.45) is 0 Å². The lowest BCUT2D eigenvalue weighted by Crippen LogP contribution is -2.45. The number of amides is 1. The fourth-order valence-electron chi connectivity index (χ4n) is 2.92. The summed E-state index contributed by atoms with van der Waals surface area (Å²) in [5, 5.41) is 4.03. The van der Waals surface area contributed by atoms with E-state index in [4.69, 9.17) is 10.5 Å². The van der Waals surface area contributed by atoms with E-state index in [0.29, 0.717) is 18.0 Å². The van der Waals surface area contributed by atoms with Crippen molar-refractivity contribution in [1.82, 2.24) is 10.3 Å². The monoisotopic (exact) mass is 287 g/mol. The van der Waals surface area contributed by atoms with Crippen LogP contribution in [0.3, 0.4) is 0 Å². The molecular weight excluding hydrogens is 266 g/mol. The number of aromatic nitrogens is 1. The number of H-pyrrole nitrogens is 1. The molecule has 112 valence electrons. The van der Waals surface area contributed by atoms with Gasteiger partial charge in [-0.05, 0) is 38.8 Å². The molecule has 1 fully saturated rings. The van der Waals surface area contributed by atoms with Gasteiger partial charge in [0.1, 0.15) is 5.69 Å². The number of benzene rings is 1. The van der Waals surface area contributed by atoms with E-state index in [0.717, 1.165) is 23.7 Å². The van der Waals surface area contributed by atoms with Crippen LogP contribution >= 0.6 is 0 Å². The van der Waals surface area contributed by atoms with Crippen molar-refractivity contribution in [2.45, 2.75) is 38.3 Å². The summed E-state index contributed by atoms with van der Waals surface area (Å²) in [5.41, 5.74) is 7.75. The highest BCUT2D eigenvalue weighted by Gasteiger charge is 2.30. The Hall–Kier alpha value is -2.01. The largest absolute Gasteiger partial charge is 0.397 e. The van der Waals surface area contributed by atoms with Crippen molar-refractivity contribution >= 4 is 22.5 Å². The summed E-state index contributed by atoms with van der Waals surface area (Å²) in [7, 11) is 0. The molecule has 1 aromatic carbocycles. The summed E-state index contributed by atoms with van der Waals surface area (Å²) in [4.78, 5) is 15.5. The molecule has 3 rings (SSSR count). The van der Waals surface area contributed by atoms with Gasteiger partial charge in [-0.2, -0.15) is 0 Å². The molecule has 1 aliphatic rings. The minimum atomic E-state index is -0.179. The number of aromatic amines is 1. The van der Waals surface area contributed by atoms with Gasteiger partial charge in [0.05, 0.1) is 16.8 Å². The lowest BCUT2D eigenvalue weighted by Gasteiger charge is -2.35. The Morgan fingerprint density at radius 1 is 1.48 bits per heavy atom. The van der Waals surface area contributed by atoms with Crippen LogP contribution in [-0.4, -0.2) is 29.1 Å². The van der Waals surface area contributed by atoms with Crippen molar-refractivity contribution in [1.29, 1.82) is 0 Å². The second-order valence-electron chi connectivity index (χ2n) is 6.27. The van der Waals surface area contributed by atoms with Crippen LogP contribution in [0, 0.1) is 0 Å². The zero-order valence-electron chi connectivity index (χ0n) is 12.4. The van der Waals surface area contributed by atoms with Crippen molar-refractivity contribution in [3.63, 3.8) is 0 Å². The minimum Gasteiger partial charge on any atom is -0.397 e. The molecule has 21 heavy (non-hydrogen) atoms. The molecule has 0 saturated carbocycles. The molecule has 1 amide bonds. The molecule has 1 saturated heterocycles. The molecule has 0 aliphatic carbocycles. The molecule has 1 unspecified atom stereocenters. The molecule has 2 heterocycles. The quantitative estimate of drug-likeness (QED) is 0.742. The van der Waals surface area contributed by atoms with Crippen LogP contribution in [0.1, 0.15) is 37.2 Å². The molecule has 5 nitrogen and oxygen atoms in total. The number of hydrogen-bond acceptors (Lipinski definition) is 3. The first-order valence-corrected chi connectivity index (χ1v) is 7.27. The number of ether oxygens (including phenoxy) is 1. The molecule has 1 aliphatic heterocycles. The number of nitrogens with two attached hydrogens (primary N) is 1. The summed E-state index contributed by atoms with van der Waals surface area (Å²) >= 11 is 0. The Morgan fingerprint density at radius 3 is 3.00 bits per heavy atom. The average Bonchev–Trinajstić information content (AvgIpc) is 2.83. The standard InChI is InChI=1S/C16H21N3O2/c1-16(2)9-11(6-7-21-16)18-15(20)13-8-10-4-3-5-12(17)14(10)19-13/h3-5,8,11,19H,6-7,9,17H2,1-2H3,(H,18,20). The Kier molecular flexibility index (Phi) is 3.37. The SMILES string of the molecule is CC1(C)CC(NC(=O)c2cc3cccc(N)c3[nH]2)CCO1. The maximum absolute atomic E-state index is 12.4. The third-order valence-electron chi connectivity index (χ3n) is 3.97. The van der Waals surface area contributed by atoms with Gasteiger partial charge in [0.2, 0.25) is 0 Å². The first-order chi connectivity index (χ1) is 9.94. The van der Waals surface area contributed by atoms with Gasteiger partial charge in [0.25, 0.3) is 5.91 Å². The third-order valence-corrected chi connectivity index (χ3v) is 3.97. The molecular formula is C16H21N3O2. The van der Waals surface area contributed by atoms with Gasteiger partial charge in [-0.3, -0.25) is 4.79 Å². The Bertz CT molecular complexity index is 675. The van der Waals surface area contributed by atoms with Crippen LogP contribution in [0.5, 0.6) is 0 Å². The predicted octanol–water partition coefficient (Wildman–Crippen LogP) is 2.44. The molecule has 1 aromatic heterocycles. The number of nitrogen functional groups attached to an aromatic ring is 1. The van der Waals surface area contributed by atoms with Gasteiger partial charge >= 0.3 is 0 Å². The number of para-hydroxylation sites is 1. The summed E-state index contributed by atoms with van der Waals surface area (Å²) in [6.45, 7) is 4.78. The van der Waals surface area contributed by atoms with Crippen molar-refractivity contribution in [2.75, 3.05) is 12.3 Å². The van der Waals surface area contributed by atoms with E-state index in [1.807, 2.05) is 24.3 Å². The van der Waals surface area contributed by atoms with Crippen LogP contribution in [-0.2, 0) is 4.74 Å². The second-order valence-corrected chi connectivity index (χ2v) is 6.27. The first kappa shape index (κ1) is 13.9. The van der Waals surface area contributed by atoms with Crippen LogP contribution in [0.25, 0.3) is 10.9 Å². The molecule has 5 heteroatoms. The summed E-state index contributed by atoms with van der Waals surface area (Å²) in [5.74, 6) is -0.0895. The minimum absolute atomic E-state index is 0.0895. The highest BCUT2D eigenvalue weighted by Crippen LogP contribution is 2.25. The fourth-order valence-corrected chi connectivity index (χ4v) is 2.92. The van der Waals surface area contributed by atoms with E-state index in [2.05, 4.69) is 24.1 Å². The third kappa shape index (κ3) is 2.88. The van der Waals surface area contributed by atoms with E-state index in [1.54, 1.807) is 0 Å². The molecule has 1 atom stereocenters. The highest BCUT2D eigenvalue weighted by atomic mass is 16.5. The van der Waals surface area contributed by atoms with Crippen LogP contribution < -0.4 is 11.1 Å². The number of hydrogen-bond donors (Lipinski definition) is 3. The van der Waals surface area contributed by atoms with E-state index in [9.17, 15) is 4.79 Å². The van der Waals surface area contributed by atoms with E-state index in [1.165, 1.54) is 0 Å². The molecule has 2 aromatic rings. The van der Waals surface area contributed by atoms with E-state index >= 15 is 0 Å². The normalized spacial score (nSPS) is 21.3. The van der Waals surface area contributed by atoms with Gasteiger partial charge in [0.15, 0.2) is 0 Å². The number of anilines is 1. The zero-order chi connectivity index (χ0) is 15.0. The van der Waals surface area contributed by atoms with Crippen molar-refractivity contribution in [3.05, 3.63) is 30.0 Å². The topological polar surface area (TPSA) is 80.1 Å². The summed E-state index contributed by atoms with van der Waals surface area (Å²) in [6.07, 6.45) is 1.67. The molecule has 4 N–H and O–H groups in total. The van der Waals surface area contributed by atoms with Gasteiger partial charge in [-0.15, -0.1) is 0 Å². The lowest BCUT2D eigenvalue weighted by molar-refractivity contribution is -0.0615. The number of rotatable bonds is 2. The summed E-state index contributed by atoms with van der Waals surface area (Å²) < 4.78 is 5.67. The lowest BCUT2D eigenvalue weighted by atomic mass is 9.94. The smallest absolute Gasteiger partial charge is 0.267 e. The van der Waals surface area contributed by atoms with Gasteiger partial charge in [-0.25, -0.2) is 0 Å². The number of carbonyl (C=O) groups is 1.